The Labute approximate surface area is 108 Å². The van der Waals surface area contributed by atoms with Crippen molar-refractivity contribution in [1.29, 1.82) is 0 Å². The summed E-state index contributed by atoms with van der Waals surface area (Å²) in [5.41, 5.74) is 6.93. The molecule has 1 fully saturated rings. The van der Waals surface area contributed by atoms with Gasteiger partial charge in [0, 0.05) is 25.2 Å². The van der Waals surface area contributed by atoms with Crippen molar-refractivity contribution >= 4 is 22.4 Å². The van der Waals surface area contributed by atoms with Gasteiger partial charge in [0.1, 0.15) is 10.8 Å². The first-order valence-corrected chi connectivity index (χ1v) is 7.07. The Hall–Kier alpha value is -0.810. The van der Waals surface area contributed by atoms with Gasteiger partial charge >= 0.3 is 0 Å². The molecule has 1 aromatic rings. The van der Waals surface area contributed by atoms with E-state index in [-0.39, 0.29) is 0 Å². The molecule has 1 aromatic heterocycles. The molecule has 1 saturated heterocycles. The van der Waals surface area contributed by atoms with Gasteiger partial charge in [-0.2, -0.15) is 4.37 Å². The lowest BCUT2D eigenvalue weighted by molar-refractivity contribution is 0.271. The maximum Gasteiger partial charge on any atom is 0.142 e. The number of aromatic nitrogens is 1. The van der Waals surface area contributed by atoms with Crippen LogP contribution in [0.1, 0.15) is 25.3 Å². The van der Waals surface area contributed by atoms with Crippen LogP contribution in [0.4, 0.5) is 10.8 Å². The standard InChI is InChI=1S/C12H22N4S/c1-4-16-7-5-6-10(16)8-15(3)12-9(2)11(13)14-17-12/h10H,4-8H2,1-3H3,(H2,13,14). The topological polar surface area (TPSA) is 45.4 Å². The van der Waals surface area contributed by atoms with Gasteiger partial charge in [0.15, 0.2) is 0 Å². The molecule has 96 valence electrons. The molecule has 1 aliphatic heterocycles. The zero-order valence-corrected chi connectivity index (χ0v) is 11.8. The Morgan fingerprint density at radius 2 is 2.35 bits per heavy atom. The first kappa shape index (κ1) is 12.6. The largest absolute Gasteiger partial charge is 0.383 e. The third-order valence-corrected chi connectivity index (χ3v) is 4.75. The second kappa shape index (κ2) is 5.23. The van der Waals surface area contributed by atoms with Crippen molar-refractivity contribution in [2.75, 3.05) is 37.3 Å². The average molecular weight is 254 g/mol. The minimum Gasteiger partial charge on any atom is -0.383 e. The van der Waals surface area contributed by atoms with E-state index in [1.165, 1.54) is 35.9 Å². The number of rotatable bonds is 4. The van der Waals surface area contributed by atoms with Gasteiger partial charge in [0.25, 0.3) is 0 Å². The molecule has 0 aromatic carbocycles. The second-order valence-electron chi connectivity index (χ2n) is 4.80. The molecule has 1 unspecified atom stereocenters. The summed E-state index contributed by atoms with van der Waals surface area (Å²) in [6.07, 6.45) is 2.64. The van der Waals surface area contributed by atoms with Crippen LogP contribution >= 0.6 is 11.5 Å². The molecule has 1 atom stereocenters. The highest BCUT2D eigenvalue weighted by Crippen LogP contribution is 2.29. The molecule has 0 radical (unpaired) electrons. The average Bonchev–Trinajstić information content (AvgIpc) is 2.87. The molecule has 2 N–H and O–H groups in total. The van der Waals surface area contributed by atoms with Gasteiger partial charge in [-0.25, -0.2) is 0 Å². The van der Waals surface area contributed by atoms with Crippen LogP contribution in [0, 0.1) is 6.92 Å². The fraction of sp³-hybridized carbons (Fsp3) is 0.750. The summed E-state index contributed by atoms with van der Waals surface area (Å²) < 4.78 is 4.22. The molecule has 0 spiro atoms. The number of anilines is 2. The highest BCUT2D eigenvalue weighted by atomic mass is 32.1. The SMILES string of the molecule is CCN1CCCC1CN(C)c1snc(N)c1C. The lowest BCUT2D eigenvalue weighted by Gasteiger charge is -2.28. The Kier molecular flexibility index (Phi) is 3.89. The molecule has 0 bridgehead atoms. The molecule has 0 amide bonds. The summed E-state index contributed by atoms with van der Waals surface area (Å²) in [4.78, 5) is 4.87. The third kappa shape index (κ3) is 2.55. The Balaban J connectivity index is 2.01. The Morgan fingerprint density at radius 1 is 1.59 bits per heavy atom. The maximum atomic E-state index is 5.80. The van der Waals surface area contributed by atoms with Crippen LogP contribution < -0.4 is 10.6 Å². The van der Waals surface area contributed by atoms with Crippen molar-refractivity contribution in [3.05, 3.63) is 5.56 Å². The van der Waals surface area contributed by atoms with Crippen molar-refractivity contribution in [2.24, 2.45) is 0 Å². The Bertz CT molecular complexity index is 377. The van der Waals surface area contributed by atoms with E-state index in [0.29, 0.717) is 11.9 Å². The van der Waals surface area contributed by atoms with E-state index in [0.717, 1.165) is 18.7 Å². The molecule has 17 heavy (non-hydrogen) atoms. The molecule has 2 rings (SSSR count). The number of hydrogen-bond donors (Lipinski definition) is 1. The fourth-order valence-electron chi connectivity index (χ4n) is 2.61. The van der Waals surface area contributed by atoms with Crippen LogP contribution in [-0.4, -0.2) is 42.0 Å². The first-order chi connectivity index (χ1) is 8.13. The zero-order chi connectivity index (χ0) is 12.4. The van der Waals surface area contributed by atoms with Crippen LogP contribution in [0.25, 0.3) is 0 Å². The van der Waals surface area contributed by atoms with E-state index in [1.54, 1.807) is 0 Å². The zero-order valence-electron chi connectivity index (χ0n) is 10.9. The summed E-state index contributed by atoms with van der Waals surface area (Å²) in [7, 11) is 2.14. The second-order valence-corrected chi connectivity index (χ2v) is 5.55. The van der Waals surface area contributed by atoms with Gasteiger partial charge in [-0.15, -0.1) is 0 Å². The van der Waals surface area contributed by atoms with Crippen molar-refractivity contribution in [3.63, 3.8) is 0 Å². The molecule has 1 aliphatic rings. The minimum absolute atomic E-state index is 0.676. The maximum absolute atomic E-state index is 5.80. The van der Waals surface area contributed by atoms with Crippen molar-refractivity contribution < 1.29 is 0 Å². The van der Waals surface area contributed by atoms with Crippen molar-refractivity contribution in [1.82, 2.24) is 9.27 Å². The molecule has 0 saturated carbocycles. The Morgan fingerprint density at radius 3 is 2.94 bits per heavy atom. The van der Waals surface area contributed by atoms with Crippen LogP contribution in [-0.2, 0) is 0 Å². The normalized spacial score (nSPS) is 21.0. The van der Waals surface area contributed by atoms with Crippen LogP contribution in [0.3, 0.4) is 0 Å². The number of likely N-dealkylation sites (N-methyl/N-ethyl adjacent to an activating group) is 2. The summed E-state index contributed by atoms with van der Waals surface area (Å²) in [6, 6.07) is 0.688. The van der Waals surface area contributed by atoms with Crippen molar-refractivity contribution in [2.45, 2.75) is 32.7 Å². The predicted octanol–water partition coefficient (Wildman–Crippen LogP) is 1.95. The molecular weight excluding hydrogens is 232 g/mol. The summed E-state index contributed by atoms with van der Waals surface area (Å²) in [5, 5.41) is 1.21. The number of hydrogen-bond acceptors (Lipinski definition) is 5. The number of nitrogens with two attached hydrogens (primary N) is 1. The van der Waals surface area contributed by atoms with E-state index < -0.39 is 0 Å². The van der Waals surface area contributed by atoms with Gasteiger partial charge in [-0.05, 0) is 44.4 Å². The molecule has 2 heterocycles. The number of nitrogen functional groups attached to an aromatic ring is 1. The van der Waals surface area contributed by atoms with Crippen LogP contribution in [0.2, 0.25) is 0 Å². The minimum atomic E-state index is 0.676. The van der Waals surface area contributed by atoms with E-state index in [1.807, 2.05) is 0 Å². The third-order valence-electron chi connectivity index (χ3n) is 3.67. The molecular formula is C12H22N4S. The van der Waals surface area contributed by atoms with E-state index in [9.17, 15) is 0 Å². The number of likely N-dealkylation sites (tertiary alicyclic amines) is 1. The molecule has 0 aliphatic carbocycles. The fourth-order valence-corrected chi connectivity index (χ4v) is 3.39. The van der Waals surface area contributed by atoms with Gasteiger partial charge in [-0.1, -0.05) is 6.92 Å². The van der Waals surface area contributed by atoms with Crippen LogP contribution in [0.15, 0.2) is 0 Å². The molecule has 4 nitrogen and oxygen atoms in total. The quantitative estimate of drug-likeness (QED) is 0.892. The van der Waals surface area contributed by atoms with Gasteiger partial charge < -0.3 is 10.6 Å². The van der Waals surface area contributed by atoms with Gasteiger partial charge in [0.2, 0.25) is 0 Å². The summed E-state index contributed by atoms with van der Waals surface area (Å²) in [6.45, 7) is 7.78. The number of nitrogens with zero attached hydrogens (tertiary/aromatic N) is 3. The molecule has 5 heteroatoms. The lowest BCUT2D eigenvalue weighted by Crippen LogP contribution is -2.38. The van der Waals surface area contributed by atoms with E-state index in [4.69, 9.17) is 5.73 Å². The lowest BCUT2D eigenvalue weighted by atomic mass is 10.2. The van der Waals surface area contributed by atoms with E-state index in [2.05, 4.69) is 35.1 Å². The smallest absolute Gasteiger partial charge is 0.142 e. The van der Waals surface area contributed by atoms with Gasteiger partial charge in [0.05, 0.1) is 0 Å². The summed E-state index contributed by atoms with van der Waals surface area (Å²) >= 11 is 1.51. The first-order valence-electron chi connectivity index (χ1n) is 6.30. The highest BCUT2D eigenvalue weighted by molar-refractivity contribution is 7.10. The van der Waals surface area contributed by atoms with Crippen molar-refractivity contribution in [3.8, 4) is 0 Å². The highest BCUT2D eigenvalue weighted by Gasteiger charge is 2.25. The summed E-state index contributed by atoms with van der Waals surface area (Å²) in [5.74, 6) is 0.676. The van der Waals surface area contributed by atoms with Gasteiger partial charge in [-0.3, -0.25) is 4.90 Å². The van der Waals surface area contributed by atoms with E-state index >= 15 is 0 Å². The predicted molar refractivity (Wildman–Crippen MR) is 74.8 cm³/mol. The monoisotopic (exact) mass is 254 g/mol. The van der Waals surface area contributed by atoms with Crippen LogP contribution in [0.5, 0.6) is 0 Å².